The molecule has 1 aromatic rings. The molecular weight excluding hydrogens is 240 g/mol. The third kappa shape index (κ3) is 2.73. The zero-order valence-corrected chi connectivity index (χ0v) is 10.8. The predicted octanol–water partition coefficient (Wildman–Crippen LogP) is 0.188. The van der Waals surface area contributed by atoms with Crippen molar-refractivity contribution < 1.29 is 9.53 Å². The number of carbonyl (C=O) groups excluding carboxylic acids is 1. The highest BCUT2D eigenvalue weighted by atomic mass is 32.1. The summed E-state index contributed by atoms with van der Waals surface area (Å²) in [6, 6.07) is -0.295. The fraction of sp³-hybridized carbons (Fsp3) is 0.700. The van der Waals surface area contributed by atoms with Gasteiger partial charge in [-0.1, -0.05) is 11.3 Å². The molecule has 0 amide bonds. The Bertz CT molecular complexity index is 395. The molecule has 2 heterocycles. The predicted molar refractivity (Wildman–Crippen MR) is 65.3 cm³/mol. The van der Waals surface area contributed by atoms with E-state index < -0.39 is 0 Å². The average Bonchev–Trinajstić information content (AvgIpc) is 2.76. The topological polar surface area (TPSA) is 67.3 Å². The molecule has 1 N–H and O–H groups in total. The van der Waals surface area contributed by atoms with Crippen LogP contribution in [-0.4, -0.2) is 48.4 Å². The molecule has 1 aliphatic heterocycles. The van der Waals surface area contributed by atoms with Crippen molar-refractivity contribution >= 4 is 22.4 Å². The summed E-state index contributed by atoms with van der Waals surface area (Å²) in [5.41, 5.74) is 0. The first-order valence-electron chi connectivity index (χ1n) is 5.66. The number of nitrogens with zero attached hydrogens (tertiary/aromatic N) is 3. The summed E-state index contributed by atoms with van der Waals surface area (Å²) in [5.74, 6) is -0.201. The highest BCUT2D eigenvalue weighted by molar-refractivity contribution is 7.15. The normalized spacial score (nSPS) is 20.4. The fourth-order valence-corrected chi connectivity index (χ4v) is 2.55. The van der Waals surface area contributed by atoms with Crippen LogP contribution in [0, 0.1) is 6.92 Å². The van der Waals surface area contributed by atoms with Crippen LogP contribution in [0.25, 0.3) is 0 Å². The molecular formula is C10H16N4O2S. The number of aromatic nitrogens is 2. The zero-order chi connectivity index (χ0) is 12.3. The van der Waals surface area contributed by atoms with Gasteiger partial charge in [0.1, 0.15) is 11.0 Å². The lowest BCUT2D eigenvalue weighted by atomic mass is 10.2. The number of piperazine rings is 1. The Morgan fingerprint density at radius 3 is 3.12 bits per heavy atom. The molecule has 1 aromatic heterocycles. The summed E-state index contributed by atoms with van der Waals surface area (Å²) in [6.07, 6.45) is 0. The average molecular weight is 256 g/mol. The second-order valence-electron chi connectivity index (χ2n) is 3.77. The Balaban J connectivity index is 2.14. The molecule has 0 spiro atoms. The van der Waals surface area contributed by atoms with Crippen molar-refractivity contribution in [2.75, 3.05) is 31.1 Å². The van der Waals surface area contributed by atoms with E-state index in [0.29, 0.717) is 13.2 Å². The highest BCUT2D eigenvalue weighted by Crippen LogP contribution is 2.22. The molecule has 7 heteroatoms. The van der Waals surface area contributed by atoms with Crippen molar-refractivity contribution in [3.05, 3.63) is 5.01 Å². The first kappa shape index (κ1) is 12.3. The lowest BCUT2D eigenvalue weighted by molar-refractivity contribution is -0.144. The Kier molecular flexibility index (Phi) is 3.90. The van der Waals surface area contributed by atoms with Crippen molar-refractivity contribution in [3.63, 3.8) is 0 Å². The zero-order valence-electron chi connectivity index (χ0n) is 9.97. The van der Waals surface area contributed by atoms with E-state index in [1.54, 1.807) is 0 Å². The fourth-order valence-electron chi connectivity index (χ4n) is 1.78. The smallest absolute Gasteiger partial charge is 0.330 e. The summed E-state index contributed by atoms with van der Waals surface area (Å²) in [7, 11) is 0. The second-order valence-corrected chi connectivity index (χ2v) is 4.93. The van der Waals surface area contributed by atoms with Crippen LogP contribution < -0.4 is 10.2 Å². The summed E-state index contributed by atoms with van der Waals surface area (Å²) >= 11 is 1.50. The molecule has 0 bridgehead atoms. The number of carbonyl (C=O) groups is 1. The minimum atomic E-state index is -0.295. The van der Waals surface area contributed by atoms with Gasteiger partial charge < -0.3 is 15.0 Å². The number of nitrogens with one attached hydrogen (secondary N) is 1. The Labute approximate surface area is 104 Å². The third-order valence-corrected chi connectivity index (χ3v) is 3.44. The van der Waals surface area contributed by atoms with Crippen molar-refractivity contribution in [1.29, 1.82) is 0 Å². The summed E-state index contributed by atoms with van der Waals surface area (Å²) in [5, 5.41) is 13.0. The van der Waals surface area contributed by atoms with Crippen LogP contribution in [0.4, 0.5) is 5.13 Å². The number of hydrogen-bond acceptors (Lipinski definition) is 7. The number of anilines is 1. The molecule has 0 aliphatic carbocycles. The molecule has 1 unspecified atom stereocenters. The van der Waals surface area contributed by atoms with Gasteiger partial charge in [-0.3, -0.25) is 0 Å². The maximum Gasteiger partial charge on any atom is 0.330 e. The second kappa shape index (κ2) is 5.42. The summed E-state index contributed by atoms with van der Waals surface area (Å²) < 4.78 is 5.08. The van der Waals surface area contributed by atoms with Crippen LogP contribution in [0.1, 0.15) is 11.9 Å². The van der Waals surface area contributed by atoms with E-state index in [2.05, 4.69) is 15.5 Å². The maximum absolute atomic E-state index is 11.8. The molecule has 17 heavy (non-hydrogen) atoms. The molecule has 6 nitrogen and oxygen atoms in total. The van der Waals surface area contributed by atoms with E-state index in [9.17, 15) is 4.79 Å². The minimum Gasteiger partial charge on any atom is -0.464 e. The Hall–Kier alpha value is -1.21. The molecule has 0 saturated carbocycles. The minimum absolute atomic E-state index is 0.201. The van der Waals surface area contributed by atoms with E-state index in [-0.39, 0.29) is 12.0 Å². The van der Waals surface area contributed by atoms with Crippen molar-refractivity contribution in [1.82, 2.24) is 15.5 Å². The van der Waals surface area contributed by atoms with E-state index in [1.807, 2.05) is 18.7 Å². The van der Waals surface area contributed by atoms with Crippen LogP contribution >= 0.6 is 11.3 Å². The standard InChI is InChI=1S/C10H16N4O2S/c1-3-16-9(15)8-6-11-4-5-14(8)10-13-12-7(2)17-10/h8,11H,3-6H2,1-2H3. The number of rotatable bonds is 3. The van der Waals surface area contributed by atoms with Crippen LogP contribution in [0.15, 0.2) is 0 Å². The van der Waals surface area contributed by atoms with Gasteiger partial charge in [-0.15, -0.1) is 10.2 Å². The van der Waals surface area contributed by atoms with Crippen LogP contribution in [0.5, 0.6) is 0 Å². The third-order valence-electron chi connectivity index (χ3n) is 2.56. The summed E-state index contributed by atoms with van der Waals surface area (Å²) in [4.78, 5) is 13.8. The van der Waals surface area contributed by atoms with Gasteiger partial charge in [-0.25, -0.2) is 4.79 Å². The monoisotopic (exact) mass is 256 g/mol. The number of esters is 1. The molecule has 0 aromatic carbocycles. The van der Waals surface area contributed by atoms with Crippen molar-refractivity contribution in [3.8, 4) is 0 Å². The van der Waals surface area contributed by atoms with Crippen LogP contribution in [-0.2, 0) is 9.53 Å². The van der Waals surface area contributed by atoms with Gasteiger partial charge in [0.25, 0.3) is 0 Å². The number of aryl methyl sites for hydroxylation is 1. The Morgan fingerprint density at radius 2 is 2.47 bits per heavy atom. The van der Waals surface area contributed by atoms with Gasteiger partial charge in [0.05, 0.1) is 6.61 Å². The van der Waals surface area contributed by atoms with Gasteiger partial charge in [0, 0.05) is 19.6 Å². The van der Waals surface area contributed by atoms with Gasteiger partial charge in [-0.05, 0) is 13.8 Å². The van der Waals surface area contributed by atoms with Crippen LogP contribution in [0.3, 0.4) is 0 Å². The van der Waals surface area contributed by atoms with Gasteiger partial charge in [0.2, 0.25) is 5.13 Å². The molecule has 1 aliphatic rings. The first-order chi connectivity index (χ1) is 8.22. The quantitative estimate of drug-likeness (QED) is 0.779. The molecule has 1 saturated heterocycles. The van der Waals surface area contributed by atoms with Crippen molar-refractivity contribution in [2.45, 2.75) is 19.9 Å². The van der Waals surface area contributed by atoms with Gasteiger partial charge in [-0.2, -0.15) is 0 Å². The lowest BCUT2D eigenvalue weighted by Crippen LogP contribution is -2.55. The summed E-state index contributed by atoms with van der Waals surface area (Å²) in [6.45, 7) is 6.30. The largest absolute Gasteiger partial charge is 0.464 e. The van der Waals surface area contributed by atoms with E-state index in [1.165, 1.54) is 11.3 Å². The SMILES string of the molecule is CCOC(=O)C1CNCCN1c1nnc(C)s1. The lowest BCUT2D eigenvalue weighted by Gasteiger charge is -2.33. The maximum atomic E-state index is 11.8. The first-order valence-corrected chi connectivity index (χ1v) is 6.48. The molecule has 0 radical (unpaired) electrons. The van der Waals surface area contributed by atoms with E-state index in [0.717, 1.165) is 23.2 Å². The molecule has 2 rings (SSSR count). The Morgan fingerprint density at radius 1 is 1.65 bits per heavy atom. The number of hydrogen-bond donors (Lipinski definition) is 1. The molecule has 1 atom stereocenters. The van der Waals surface area contributed by atoms with Gasteiger partial charge >= 0.3 is 5.97 Å². The highest BCUT2D eigenvalue weighted by Gasteiger charge is 2.31. The van der Waals surface area contributed by atoms with E-state index in [4.69, 9.17) is 4.74 Å². The van der Waals surface area contributed by atoms with Crippen molar-refractivity contribution in [2.24, 2.45) is 0 Å². The van der Waals surface area contributed by atoms with Gasteiger partial charge in [0.15, 0.2) is 0 Å². The van der Waals surface area contributed by atoms with E-state index >= 15 is 0 Å². The molecule has 94 valence electrons. The molecule has 1 fully saturated rings. The number of ether oxygens (including phenoxy) is 1. The van der Waals surface area contributed by atoms with Crippen LogP contribution in [0.2, 0.25) is 0 Å².